The highest BCUT2D eigenvalue weighted by Gasteiger charge is 2.06. The fourth-order valence-corrected chi connectivity index (χ4v) is 2.34. The molecule has 88 valence electrons. The van der Waals surface area contributed by atoms with E-state index in [-0.39, 0.29) is 5.78 Å². The van der Waals surface area contributed by atoms with Gasteiger partial charge in [0, 0.05) is 12.7 Å². The number of Topliss-reactive ketones (excluding diaryl/α,β-unsaturated/α-hetero) is 1. The molecule has 2 aromatic rings. The molecule has 0 bridgehead atoms. The van der Waals surface area contributed by atoms with Crippen LogP contribution in [-0.4, -0.2) is 5.78 Å². The molecule has 0 saturated heterocycles. The van der Waals surface area contributed by atoms with E-state index in [1.54, 1.807) is 17.8 Å². The highest BCUT2D eigenvalue weighted by atomic mass is 32.2. The van der Waals surface area contributed by atoms with Gasteiger partial charge in [-0.1, -0.05) is 41.6 Å². The summed E-state index contributed by atoms with van der Waals surface area (Å²) in [6.07, 6.45) is 0. The largest absolute Gasteiger partial charge is 0.447 e. The molecule has 0 radical (unpaired) electrons. The van der Waals surface area contributed by atoms with Crippen LogP contribution in [0.5, 0.6) is 0 Å². The first-order chi connectivity index (χ1) is 8.15. The number of benzene rings is 1. The van der Waals surface area contributed by atoms with Crippen LogP contribution in [-0.2, 0) is 5.75 Å². The lowest BCUT2D eigenvalue weighted by Crippen LogP contribution is -1.86. The molecule has 17 heavy (non-hydrogen) atoms. The molecule has 1 heterocycles. The van der Waals surface area contributed by atoms with Gasteiger partial charge in [0.15, 0.2) is 16.6 Å². The Balaban J connectivity index is 2.00. The number of aryl methyl sites for hydroxylation is 1. The van der Waals surface area contributed by atoms with Crippen molar-refractivity contribution in [3.8, 4) is 0 Å². The Morgan fingerprint density at radius 2 is 2.12 bits per heavy atom. The summed E-state index contributed by atoms with van der Waals surface area (Å²) >= 11 is 1.60. The molecule has 2 nitrogen and oxygen atoms in total. The van der Waals surface area contributed by atoms with E-state index in [9.17, 15) is 4.79 Å². The lowest BCUT2D eigenvalue weighted by molar-refractivity contribution is 0.0982. The molecule has 0 spiro atoms. The number of hydrogen-bond donors (Lipinski definition) is 0. The molecular formula is C14H14O2S. The van der Waals surface area contributed by atoms with Gasteiger partial charge in [0.2, 0.25) is 0 Å². The van der Waals surface area contributed by atoms with Crippen molar-refractivity contribution in [2.24, 2.45) is 0 Å². The minimum atomic E-state index is -0.0348. The van der Waals surface area contributed by atoms with Gasteiger partial charge in [-0.15, -0.1) is 0 Å². The molecule has 0 N–H and O–H groups in total. The smallest absolute Gasteiger partial charge is 0.194 e. The van der Waals surface area contributed by atoms with Crippen molar-refractivity contribution >= 4 is 17.5 Å². The van der Waals surface area contributed by atoms with Crippen LogP contribution in [0.25, 0.3) is 0 Å². The second kappa shape index (κ2) is 5.23. The van der Waals surface area contributed by atoms with Gasteiger partial charge < -0.3 is 4.42 Å². The van der Waals surface area contributed by atoms with E-state index in [2.05, 4.69) is 25.1 Å². The molecule has 3 heteroatoms. The summed E-state index contributed by atoms with van der Waals surface area (Å²) in [5.41, 5.74) is 2.52. The van der Waals surface area contributed by atoms with Crippen LogP contribution in [0.1, 0.15) is 28.6 Å². The van der Waals surface area contributed by atoms with Crippen LogP contribution >= 0.6 is 11.8 Å². The van der Waals surface area contributed by atoms with Gasteiger partial charge in [-0.05, 0) is 24.6 Å². The summed E-state index contributed by atoms with van der Waals surface area (Å²) in [6.45, 7) is 3.59. The Kier molecular flexibility index (Phi) is 3.69. The molecule has 1 aromatic carbocycles. The van der Waals surface area contributed by atoms with Crippen molar-refractivity contribution in [3.63, 3.8) is 0 Å². The Bertz CT molecular complexity index is 529. The van der Waals surface area contributed by atoms with Crippen LogP contribution in [0.4, 0.5) is 0 Å². The van der Waals surface area contributed by atoms with Gasteiger partial charge in [-0.3, -0.25) is 4.79 Å². The summed E-state index contributed by atoms with van der Waals surface area (Å²) in [4.78, 5) is 11.1. The molecule has 0 saturated carbocycles. The first-order valence-corrected chi connectivity index (χ1v) is 6.43. The number of thioether (sulfide) groups is 1. The average molecular weight is 246 g/mol. The van der Waals surface area contributed by atoms with Crippen LogP contribution in [0.15, 0.2) is 45.9 Å². The first-order valence-electron chi connectivity index (χ1n) is 5.44. The molecule has 0 aliphatic heterocycles. The molecule has 0 fully saturated rings. The molecular weight excluding hydrogens is 232 g/mol. The Morgan fingerprint density at radius 1 is 1.29 bits per heavy atom. The van der Waals surface area contributed by atoms with Crippen molar-refractivity contribution in [3.05, 3.63) is 53.3 Å². The van der Waals surface area contributed by atoms with Crippen molar-refractivity contribution in [1.82, 2.24) is 0 Å². The van der Waals surface area contributed by atoms with E-state index in [1.165, 1.54) is 18.1 Å². The lowest BCUT2D eigenvalue weighted by Gasteiger charge is -2.00. The van der Waals surface area contributed by atoms with E-state index >= 15 is 0 Å². The normalized spacial score (nSPS) is 10.5. The van der Waals surface area contributed by atoms with Crippen molar-refractivity contribution in [2.45, 2.75) is 24.7 Å². The first kappa shape index (κ1) is 12.0. The second-order valence-electron chi connectivity index (χ2n) is 3.95. The Labute approximate surface area is 105 Å². The van der Waals surface area contributed by atoms with Crippen molar-refractivity contribution in [2.75, 3.05) is 0 Å². The van der Waals surface area contributed by atoms with Gasteiger partial charge in [-0.2, -0.15) is 0 Å². The summed E-state index contributed by atoms with van der Waals surface area (Å²) in [6, 6.07) is 11.9. The summed E-state index contributed by atoms with van der Waals surface area (Å²) < 4.78 is 5.41. The quantitative estimate of drug-likeness (QED) is 0.601. The zero-order chi connectivity index (χ0) is 12.3. The Hall–Kier alpha value is -1.48. The highest BCUT2D eigenvalue weighted by molar-refractivity contribution is 7.98. The maximum absolute atomic E-state index is 11.1. The molecule has 0 aliphatic rings. The number of hydrogen-bond acceptors (Lipinski definition) is 3. The van der Waals surface area contributed by atoms with E-state index in [1.807, 2.05) is 12.1 Å². The van der Waals surface area contributed by atoms with Crippen LogP contribution in [0.2, 0.25) is 0 Å². The van der Waals surface area contributed by atoms with Crippen LogP contribution in [0.3, 0.4) is 0 Å². The number of ketones is 1. The summed E-state index contributed by atoms with van der Waals surface area (Å²) in [5, 5.41) is 0.789. The minimum absolute atomic E-state index is 0.0348. The number of furan rings is 1. The second-order valence-corrected chi connectivity index (χ2v) is 4.93. The molecule has 2 rings (SSSR count). The fraction of sp³-hybridized carbons (Fsp3) is 0.214. The summed E-state index contributed by atoms with van der Waals surface area (Å²) in [7, 11) is 0. The van der Waals surface area contributed by atoms with Gasteiger partial charge in [0.25, 0.3) is 0 Å². The van der Waals surface area contributed by atoms with Gasteiger partial charge in [0.1, 0.15) is 0 Å². The van der Waals surface area contributed by atoms with Gasteiger partial charge >= 0.3 is 0 Å². The number of carbonyl (C=O) groups excluding carboxylic acids is 1. The number of rotatable bonds is 4. The molecule has 0 amide bonds. The molecule has 0 aliphatic carbocycles. The predicted octanol–water partition coefficient (Wildman–Crippen LogP) is 4.08. The zero-order valence-electron chi connectivity index (χ0n) is 9.90. The maximum Gasteiger partial charge on any atom is 0.194 e. The third kappa shape index (κ3) is 3.24. The summed E-state index contributed by atoms with van der Waals surface area (Å²) in [5.74, 6) is 1.25. The topological polar surface area (TPSA) is 30.2 Å². The van der Waals surface area contributed by atoms with Gasteiger partial charge in [-0.25, -0.2) is 0 Å². The fourth-order valence-electron chi connectivity index (χ4n) is 1.54. The minimum Gasteiger partial charge on any atom is -0.447 e. The molecule has 0 unspecified atom stereocenters. The third-order valence-corrected chi connectivity index (χ3v) is 3.37. The average Bonchev–Trinajstić information content (AvgIpc) is 2.75. The molecule has 1 aromatic heterocycles. The van der Waals surface area contributed by atoms with Crippen molar-refractivity contribution in [1.29, 1.82) is 0 Å². The SMILES string of the molecule is CC(=O)c1ccc(SCc2cccc(C)c2)o1. The standard InChI is InChI=1S/C14H14O2S/c1-10-4-3-5-12(8-10)9-17-14-7-6-13(16-14)11(2)15/h3-8H,9H2,1-2H3. The third-order valence-electron chi connectivity index (χ3n) is 2.39. The maximum atomic E-state index is 11.1. The van der Waals surface area contributed by atoms with Crippen LogP contribution in [0, 0.1) is 6.92 Å². The Morgan fingerprint density at radius 3 is 2.76 bits per heavy atom. The van der Waals surface area contributed by atoms with E-state index in [0.717, 1.165) is 10.8 Å². The zero-order valence-corrected chi connectivity index (χ0v) is 10.7. The van der Waals surface area contributed by atoms with E-state index < -0.39 is 0 Å². The lowest BCUT2D eigenvalue weighted by atomic mass is 10.2. The molecule has 0 atom stereocenters. The predicted molar refractivity (Wildman–Crippen MR) is 69.5 cm³/mol. The van der Waals surface area contributed by atoms with Crippen LogP contribution < -0.4 is 0 Å². The highest BCUT2D eigenvalue weighted by Crippen LogP contribution is 2.25. The van der Waals surface area contributed by atoms with Crippen molar-refractivity contribution < 1.29 is 9.21 Å². The van der Waals surface area contributed by atoms with E-state index in [4.69, 9.17) is 4.42 Å². The van der Waals surface area contributed by atoms with E-state index in [0.29, 0.717) is 5.76 Å². The monoisotopic (exact) mass is 246 g/mol. The van der Waals surface area contributed by atoms with Gasteiger partial charge in [0.05, 0.1) is 0 Å². The number of carbonyl (C=O) groups is 1.